The van der Waals surface area contributed by atoms with Crippen LogP contribution < -0.4 is 4.72 Å². The predicted molar refractivity (Wildman–Crippen MR) is 80.7 cm³/mol. The normalized spacial score (nSPS) is 11.6. The summed E-state index contributed by atoms with van der Waals surface area (Å²) in [5.41, 5.74) is 1.80. The molecule has 0 aliphatic heterocycles. The van der Waals surface area contributed by atoms with Crippen molar-refractivity contribution in [1.82, 2.24) is 5.16 Å². The van der Waals surface area contributed by atoms with E-state index in [0.29, 0.717) is 11.4 Å². The molecular weight excluding hydrogens is 379 g/mol. The minimum Gasteiger partial charge on any atom is -0.360 e. The summed E-state index contributed by atoms with van der Waals surface area (Å²) in [6.07, 6.45) is 0. The highest BCUT2D eigenvalue weighted by molar-refractivity contribution is 14.1. The van der Waals surface area contributed by atoms with E-state index in [0.717, 1.165) is 9.13 Å². The van der Waals surface area contributed by atoms with Gasteiger partial charge in [0.2, 0.25) is 0 Å². The SMILES string of the molecule is Cc1noc(C)c1S(=O)(=O)Nc1cccc(I)c1C. The number of benzene rings is 1. The van der Waals surface area contributed by atoms with E-state index in [1.807, 2.05) is 13.0 Å². The maximum absolute atomic E-state index is 12.4. The molecular formula is C12H13IN2O3S. The molecule has 2 rings (SSSR count). The Balaban J connectivity index is 2.46. The lowest BCUT2D eigenvalue weighted by Gasteiger charge is -2.11. The molecule has 2 aromatic rings. The van der Waals surface area contributed by atoms with E-state index in [9.17, 15) is 8.42 Å². The molecule has 102 valence electrons. The van der Waals surface area contributed by atoms with Crippen LogP contribution in [0.4, 0.5) is 5.69 Å². The Hall–Kier alpha value is -1.09. The van der Waals surface area contributed by atoms with Crippen molar-refractivity contribution in [2.24, 2.45) is 0 Å². The highest BCUT2D eigenvalue weighted by atomic mass is 127. The lowest BCUT2D eigenvalue weighted by molar-refractivity contribution is 0.390. The van der Waals surface area contributed by atoms with E-state index >= 15 is 0 Å². The summed E-state index contributed by atoms with van der Waals surface area (Å²) in [6.45, 7) is 5.05. The van der Waals surface area contributed by atoms with E-state index in [1.54, 1.807) is 26.0 Å². The molecule has 0 bridgehead atoms. The summed E-state index contributed by atoms with van der Waals surface area (Å²) in [4.78, 5) is 0.103. The van der Waals surface area contributed by atoms with Gasteiger partial charge in [0.25, 0.3) is 10.0 Å². The molecule has 0 saturated heterocycles. The molecule has 1 N–H and O–H groups in total. The van der Waals surface area contributed by atoms with Gasteiger partial charge in [0, 0.05) is 3.57 Å². The number of anilines is 1. The van der Waals surface area contributed by atoms with Crippen molar-refractivity contribution in [3.05, 3.63) is 38.8 Å². The molecule has 7 heteroatoms. The molecule has 0 unspecified atom stereocenters. The van der Waals surface area contributed by atoms with Gasteiger partial charge < -0.3 is 4.52 Å². The van der Waals surface area contributed by atoms with Crippen LogP contribution in [0, 0.1) is 24.3 Å². The molecule has 0 aliphatic carbocycles. The van der Waals surface area contributed by atoms with Gasteiger partial charge in [0.1, 0.15) is 5.69 Å². The Morgan fingerprint density at radius 3 is 2.53 bits per heavy atom. The molecule has 0 aliphatic rings. The van der Waals surface area contributed by atoms with Crippen LogP contribution in [0.25, 0.3) is 0 Å². The van der Waals surface area contributed by atoms with Crippen LogP contribution >= 0.6 is 22.6 Å². The largest absolute Gasteiger partial charge is 0.360 e. The standard InChI is InChI=1S/C12H13IN2O3S/c1-7-10(13)5-4-6-11(7)15-19(16,17)12-8(2)14-18-9(12)3/h4-6,15H,1-3H3. The lowest BCUT2D eigenvalue weighted by Crippen LogP contribution is -2.15. The second-order valence-electron chi connectivity index (χ2n) is 4.17. The van der Waals surface area contributed by atoms with Gasteiger partial charge in [-0.25, -0.2) is 8.42 Å². The Morgan fingerprint density at radius 2 is 1.95 bits per heavy atom. The zero-order valence-electron chi connectivity index (χ0n) is 10.7. The minimum atomic E-state index is -3.68. The molecule has 0 saturated carbocycles. The van der Waals surface area contributed by atoms with Gasteiger partial charge in [-0.3, -0.25) is 4.72 Å². The summed E-state index contributed by atoms with van der Waals surface area (Å²) in [7, 11) is -3.68. The maximum Gasteiger partial charge on any atom is 0.267 e. The quantitative estimate of drug-likeness (QED) is 0.816. The average molecular weight is 392 g/mol. The number of rotatable bonds is 3. The highest BCUT2D eigenvalue weighted by Crippen LogP contribution is 2.26. The van der Waals surface area contributed by atoms with E-state index in [1.165, 1.54) is 0 Å². The topological polar surface area (TPSA) is 72.2 Å². The van der Waals surface area contributed by atoms with Crippen molar-refractivity contribution in [1.29, 1.82) is 0 Å². The first kappa shape index (κ1) is 14.3. The van der Waals surface area contributed by atoms with E-state index < -0.39 is 10.0 Å². The number of halogens is 1. The van der Waals surface area contributed by atoms with Gasteiger partial charge in [-0.1, -0.05) is 11.2 Å². The first-order valence-corrected chi connectivity index (χ1v) is 8.10. The molecule has 0 fully saturated rings. The van der Waals surface area contributed by atoms with E-state index in [4.69, 9.17) is 4.52 Å². The fraction of sp³-hybridized carbons (Fsp3) is 0.250. The molecule has 1 aromatic carbocycles. The maximum atomic E-state index is 12.4. The van der Waals surface area contributed by atoms with Gasteiger partial charge in [-0.05, 0) is 61.1 Å². The fourth-order valence-electron chi connectivity index (χ4n) is 1.77. The van der Waals surface area contributed by atoms with Crippen molar-refractivity contribution in [3.8, 4) is 0 Å². The Morgan fingerprint density at radius 1 is 1.26 bits per heavy atom. The van der Waals surface area contributed by atoms with Crippen LogP contribution in [0.15, 0.2) is 27.6 Å². The number of aromatic nitrogens is 1. The summed E-state index contributed by atoms with van der Waals surface area (Å²) in [5.74, 6) is 0.285. The second kappa shape index (κ2) is 5.12. The smallest absolute Gasteiger partial charge is 0.267 e. The number of aryl methyl sites for hydroxylation is 2. The van der Waals surface area contributed by atoms with Crippen LogP contribution in [0.5, 0.6) is 0 Å². The molecule has 1 aromatic heterocycles. The van der Waals surface area contributed by atoms with Gasteiger partial charge in [-0.15, -0.1) is 0 Å². The van der Waals surface area contributed by atoms with Crippen molar-refractivity contribution in [3.63, 3.8) is 0 Å². The summed E-state index contributed by atoms with van der Waals surface area (Å²) in [6, 6.07) is 5.46. The first-order chi connectivity index (χ1) is 8.83. The van der Waals surface area contributed by atoms with Crippen LogP contribution in [0.1, 0.15) is 17.0 Å². The number of hydrogen-bond acceptors (Lipinski definition) is 4. The third kappa shape index (κ3) is 2.76. The molecule has 0 atom stereocenters. The van der Waals surface area contributed by atoms with Crippen molar-refractivity contribution in [2.75, 3.05) is 4.72 Å². The van der Waals surface area contributed by atoms with Crippen LogP contribution in [0.3, 0.4) is 0 Å². The lowest BCUT2D eigenvalue weighted by atomic mass is 10.2. The third-order valence-corrected chi connectivity index (χ3v) is 5.53. The summed E-state index contributed by atoms with van der Waals surface area (Å²) < 4.78 is 33.2. The van der Waals surface area contributed by atoms with E-state index in [2.05, 4.69) is 32.5 Å². The predicted octanol–water partition coefficient (Wildman–Crippen LogP) is 3.01. The van der Waals surface area contributed by atoms with Crippen LogP contribution in [-0.4, -0.2) is 13.6 Å². The summed E-state index contributed by atoms with van der Waals surface area (Å²) >= 11 is 2.16. The Kier molecular flexibility index (Phi) is 3.86. The van der Waals surface area contributed by atoms with Gasteiger partial charge in [0.05, 0.1) is 5.69 Å². The van der Waals surface area contributed by atoms with Crippen molar-refractivity contribution >= 4 is 38.3 Å². The minimum absolute atomic E-state index is 0.103. The number of nitrogens with zero attached hydrogens (tertiary/aromatic N) is 1. The average Bonchev–Trinajstić information content (AvgIpc) is 2.65. The van der Waals surface area contributed by atoms with Crippen molar-refractivity contribution in [2.45, 2.75) is 25.7 Å². The second-order valence-corrected chi connectivity index (χ2v) is 6.95. The molecule has 0 amide bonds. The zero-order valence-corrected chi connectivity index (χ0v) is 13.7. The monoisotopic (exact) mass is 392 g/mol. The Labute approximate surface area is 125 Å². The van der Waals surface area contributed by atoms with E-state index in [-0.39, 0.29) is 10.7 Å². The van der Waals surface area contributed by atoms with Gasteiger partial charge >= 0.3 is 0 Å². The molecule has 1 heterocycles. The van der Waals surface area contributed by atoms with Gasteiger partial charge in [0.15, 0.2) is 10.7 Å². The van der Waals surface area contributed by atoms with Crippen molar-refractivity contribution < 1.29 is 12.9 Å². The Bertz CT molecular complexity index is 703. The number of nitrogens with one attached hydrogen (secondary N) is 1. The zero-order chi connectivity index (χ0) is 14.2. The summed E-state index contributed by atoms with van der Waals surface area (Å²) in [5, 5.41) is 3.67. The number of sulfonamides is 1. The third-order valence-electron chi connectivity index (χ3n) is 2.75. The van der Waals surface area contributed by atoms with Gasteiger partial charge in [-0.2, -0.15) is 0 Å². The molecule has 19 heavy (non-hydrogen) atoms. The fourth-order valence-corrected chi connectivity index (χ4v) is 3.72. The van der Waals surface area contributed by atoms with Crippen LogP contribution in [0.2, 0.25) is 0 Å². The highest BCUT2D eigenvalue weighted by Gasteiger charge is 2.24. The van der Waals surface area contributed by atoms with Crippen LogP contribution in [-0.2, 0) is 10.0 Å². The number of hydrogen-bond donors (Lipinski definition) is 1. The molecule has 0 radical (unpaired) electrons. The first-order valence-electron chi connectivity index (χ1n) is 5.53. The molecule has 5 nitrogen and oxygen atoms in total. The molecule has 0 spiro atoms.